The fraction of sp³-hybridized carbons (Fsp3) is 0.591. The normalized spacial score (nSPS) is 25.3. The van der Waals surface area contributed by atoms with Crippen molar-refractivity contribution in [2.45, 2.75) is 83.3 Å². The molecule has 1 heterocycles. The van der Waals surface area contributed by atoms with Crippen molar-refractivity contribution in [1.82, 2.24) is 0 Å². The summed E-state index contributed by atoms with van der Waals surface area (Å²) in [5, 5.41) is 9.97. The van der Waals surface area contributed by atoms with E-state index in [0.29, 0.717) is 12.3 Å². The number of carbonyl (C=O) groups excluding carboxylic acids is 1. The highest BCUT2D eigenvalue weighted by atomic mass is 16.5. The molecule has 1 saturated carbocycles. The van der Waals surface area contributed by atoms with E-state index in [9.17, 15) is 9.90 Å². The van der Waals surface area contributed by atoms with Crippen molar-refractivity contribution < 1.29 is 14.6 Å². The minimum Gasteiger partial charge on any atom is -0.457 e. The third-order valence-corrected chi connectivity index (χ3v) is 5.68. The van der Waals surface area contributed by atoms with Gasteiger partial charge >= 0.3 is 5.97 Å². The van der Waals surface area contributed by atoms with Gasteiger partial charge in [0.15, 0.2) is 0 Å². The molecule has 1 N–H and O–H groups in total. The zero-order valence-electron chi connectivity index (χ0n) is 15.5. The molecule has 0 spiro atoms. The topological polar surface area (TPSA) is 46.5 Å². The molecule has 0 aromatic heterocycles. The van der Waals surface area contributed by atoms with Crippen LogP contribution >= 0.6 is 0 Å². The molecule has 0 amide bonds. The molecule has 1 saturated heterocycles. The number of aryl methyl sites for hydroxylation is 2. The summed E-state index contributed by atoms with van der Waals surface area (Å²) in [5.41, 5.74) is 5.84. The molecule has 25 heavy (non-hydrogen) atoms. The van der Waals surface area contributed by atoms with E-state index in [-0.39, 0.29) is 12.4 Å². The zero-order valence-corrected chi connectivity index (χ0v) is 15.5. The smallest absolute Gasteiger partial charge is 0.309 e. The van der Waals surface area contributed by atoms with Gasteiger partial charge in [-0.05, 0) is 54.9 Å². The van der Waals surface area contributed by atoms with E-state index in [0.717, 1.165) is 11.1 Å². The lowest BCUT2D eigenvalue weighted by Crippen LogP contribution is -2.33. The number of hydrogen-bond donors (Lipinski definition) is 1. The average Bonchev–Trinajstić information content (AvgIpc) is 2.82. The van der Waals surface area contributed by atoms with Crippen LogP contribution < -0.4 is 0 Å². The van der Waals surface area contributed by atoms with Gasteiger partial charge in [0.05, 0.1) is 12.5 Å². The van der Waals surface area contributed by atoms with Crippen molar-refractivity contribution in [3.05, 3.63) is 41.0 Å². The third-order valence-electron chi connectivity index (χ3n) is 5.68. The van der Waals surface area contributed by atoms with E-state index in [1.807, 2.05) is 0 Å². The van der Waals surface area contributed by atoms with Gasteiger partial charge in [-0.25, -0.2) is 0 Å². The zero-order chi connectivity index (χ0) is 18.0. The predicted octanol–water partition coefficient (Wildman–Crippen LogP) is 4.82. The lowest BCUT2D eigenvalue weighted by Gasteiger charge is -2.30. The van der Waals surface area contributed by atoms with Gasteiger partial charge in [-0.1, -0.05) is 50.0 Å². The lowest BCUT2D eigenvalue weighted by atomic mass is 9.81. The van der Waals surface area contributed by atoms with Crippen LogP contribution in [0.3, 0.4) is 0 Å². The van der Waals surface area contributed by atoms with Gasteiger partial charge in [0.2, 0.25) is 0 Å². The monoisotopic (exact) mass is 342 g/mol. The first-order chi connectivity index (χ1) is 12.0. The molecule has 1 aromatic rings. The number of benzene rings is 1. The van der Waals surface area contributed by atoms with Gasteiger partial charge in [-0.2, -0.15) is 0 Å². The molecule has 2 fully saturated rings. The molecular weight excluding hydrogens is 312 g/mol. The Bertz CT molecular complexity index is 653. The van der Waals surface area contributed by atoms with Crippen molar-refractivity contribution >= 4 is 11.5 Å². The van der Waals surface area contributed by atoms with Gasteiger partial charge in [0, 0.05) is 6.42 Å². The van der Waals surface area contributed by atoms with Crippen LogP contribution in [-0.2, 0) is 9.53 Å². The third kappa shape index (κ3) is 4.14. The first kappa shape index (κ1) is 18.2. The van der Waals surface area contributed by atoms with E-state index in [4.69, 9.17) is 4.74 Å². The molecule has 0 bridgehead atoms. The number of hydrogen-bond acceptors (Lipinski definition) is 3. The molecule has 3 nitrogen and oxygen atoms in total. The Morgan fingerprint density at radius 1 is 1.16 bits per heavy atom. The number of cyclic esters (lactones) is 1. The van der Waals surface area contributed by atoms with E-state index in [2.05, 4.69) is 32.6 Å². The number of rotatable bonds is 3. The second kappa shape index (κ2) is 7.74. The minimum atomic E-state index is -0.630. The van der Waals surface area contributed by atoms with Gasteiger partial charge in [0.1, 0.15) is 6.10 Å². The summed E-state index contributed by atoms with van der Waals surface area (Å²) in [4.78, 5) is 11.8. The van der Waals surface area contributed by atoms with E-state index in [1.165, 1.54) is 55.2 Å². The van der Waals surface area contributed by atoms with Crippen LogP contribution in [0.1, 0.15) is 79.5 Å². The molecule has 2 aliphatic rings. The van der Waals surface area contributed by atoms with E-state index >= 15 is 0 Å². The molecule has 1 aromatic carbocycles. The standard InChI is InChI=1S/C22H30O3/c1-14-10-15(2)22(16(3)20-12-18(23)13-21(24)25-20)19(11-14)17-8-6-4-5-7-9-17/h10-11,17-18,20,23H,3-9,12-13H2,1-2H3. The molecule has 136 valence electrons. The van der Waals surface area contributed by atoms with Crippen molar-refractivity contribution in [2.75, 3.05) is 0 Å². The minimum absolute atomic E-state index is 0.0894. The summed E-state index contributed by atoms with van der Waals surface area (Å²) >= 11 is 0. The van der Waals surface area contributed by atoms with E-state index < -0.39 is 12.2 Å². The largest absolute Gasteiger partial charge is 0.457 e. The van der Waals surface area contributed by atoms with Gasteiger partial charge in [0.25, 0.3) is 0 Å². The summed E-state index contributed by atoms with van der Waals surface area (Å²) in [6, 6.07) is 4.48. The van der Waals surface area contributed by atoms with Crippen LogP contribution in [-0.4, -0.2) is 23.3 Å². The number of aliphatic hydroxyl groups excluding tert-OH is 1. The molecule has 2 unspecified atom stereocenters. The van der Waals surface area contributed by atoms with Crippen molar-refractivity contribution in [3.63, 3.8) is 0 Å². The Morgan fingerprint density at radius 2 is 1.84 bits per heavy atom. The highest BCUT2D eigenvalue weighted by Crippen LogP contribution is 2.39. The van der Waals surface area contributed by atoms with Crippen LogP contribution in [0, 0.1) is 13.8 Å². The Morgan fingerprint density at radius 3 is 2.48 bits per heavy atom. The molecule has 1 aliphatic carbocycles. The highest BCUT2D eigenvalue weighted by molar-refractivity contribution is 5.78. The number of ether oxygens (including phenoxy) is 1. The summed E-state index contributed by atoms with van der Waals surface area (Å²) in [7, 11) is 0. The van der Waals surface area contributed by atoms with Gasteiger partial charge in [-0.3, -0.25) is 4.79 Å². The van der Waals surface area contributed by atoms with Gasteiger partial charge in [-0.15, -0.1) is 0 Å². The van der Waals surface area contributed by atoms with Crippen LogP contribution in [0.2, 0.25) is 0 Å². The predicted molar refractivity (Wildman–Crippen MR) is 101 cm³/mol. The molecule has 1 aliphatic heterocycles. The Kier molecular flexibility index (Phi) is 5.63. The fourth-order valence-corrected chi connectivity index (χ4v) is 4.50. The summed E-state index contributed by atoms with van der Waals surface area (Å²) < 4.78 is 5.53. The van der Waals surface area contributed by atoms with Crippen LogP contribution in [0.15, 0.2) is 18.7 Å². The van der Waals surface area contributed by atoms with Crippen molar-refractivity contribution in [3.8, 4) is 0 Å². The summed E-state index contributed by atoms with van der Waals surface area (Å²) in [6.07, 6.45) is 7.13. The molecule has 3 heteroatoms. The first-order valence-corrected chi connectivity index (χ1v) is 9.63. The second-order valence-corrected chi connectivity index (χ2v) is 7.83. The lowest BCUT2D eigenvalue weighted by molar-refractivity contribution is -0.155. The van der Waals surface area contributed by atoms with Crippen LogP contribution in [0.5, 0.6) is 0 Å². The highest BCUT2D eigenvalue weighted by Gasteiger charge is 2.31. The average molecular weight is 342 g/mol. The first-order valence-electron chi connectivity index (χ1n) is 9.63. The van der Waals surface area contributed by atoms with Crippen LogP contribution in [0.4, 0.5) is 0 Å². The maximum absolute atomic E-state index is 11.8. The molecule has 3 rings (SSSR count). The molecule has 0 radical (unpaired) electrons. The Hall–Kier alpha value is -1.61. The number of carbonyl (C=O) groups is 1. The van der Waals surface area contributed by atoms with Crippen LogP contribution in [0.25, 0.3) is 5.57 Å². The number of esters is 1. The van der Waals surface area contributed by atoms with Crippen molar-refractivity contribution in [2.24, 2.45) is 0 Å². The second-order valence-electron chi connectivity index (χ2n) is 7.83. The molecule has 2 atom stereocenters. The van der Waals surface area contributed by atoms with Gasteiger partial charge < -0.3 is 9.84 Å². The fourth-order valence-electron chi connectivity index (χ4n) is 4.50. The Labute approximate surface area is 151 Å². The number of aliphatic hydroxyl groups is 1. The maximum Gasteiger partial charge on any atom is 0.309 e. The van der Waals surface area contributed by atoms with E-state index in [1.54, 1.807) is 0 Å². The maximum atomic E-state index is 11.8. The summed E-state index contributed by atoms with van der Waals surface area (Å²) in [5.74, 6) is 0.225. The SMILES string of the molecule is C=C(c1c(C)cc(C)cc1C1CCCCCC1)C1CC(O)CC(=O)O1. The molecular formula is C22H30O3. The van der Waals surface area contributed by atoms with Crippen molar-refractivity contribution in [1.29, 1.82) is 0 Å². The Balaban J connectivity index is 1.96. The quantitative estimate of drug-likeness (QED) is 0.633. The summed E-state index contributed by atoms with van der Waals surface area (Å²) in [6.45, 7) is 8.56.